The highest BCUT2D eigenvalue weighted by molar-refractivity contribution is 5.83. The molecular weight excluding hydrogens is 230 g/mol. The van der Waals surface area contributed by atoms with E-state index < -0.39 is 12.0 Å². The fraction of sp³-hybridized carbons (Fsp3) is 0.857. The molecule has 0 spiro atoms. The van der Waals surface area contributed by atoms with Gasteiger partial charge in [-0.15, -0.1) is 0 Å². The number of carboxylic acids is 1. The number of carbonyl (C=O) groups is 2. The average molecular weight is 257 g/mol. The van der Waals surface area contributed by atoms with Crippen molar-refractivity contribution in [2.24, 2.45) is 0 Å². The number of rotatable bonds is 10. The first-order chi connectivity index (χ1) is 8.50. The minimum atomic E-state index is -0.953. The van der Waals surface area contributed by atoms with Gasteiger partial charge in [-0.3, -0.25) is 4.79 Å². The molecule has 0 aliphatic rings. The van der Waals surface area contributed by atoms with Crippen LogP contribution in [0.25, 0.3) is 0 Å². The zero-order valence-corrected chi connectivity index (χ0v) is 11.9. The van der Waals surface area contributed by atoms with Crippen LogP contribution in [-0.2, 0) is 9.59 Å². The Morgan fingerprint density at radius 1 is 1.06 bits per heavy atom. The highest BCUT2D eigenvalue weighted by Gasteiger charge is 2.20. The number of hydrogen-bond donors (Lipinski definition) is 1. The first-order valence-electron chi connectivity index (χ1n) is 6.99. The van der Waals surface area contributed by atoms with Gasteiger partial charge in [0.1, 0.15) is 6.04 Å². The molecule has 0 aromatic heterocycles. The van der Waals surface area contributed by atoms with Crippen LogP contribution in [0.5, 0.6) is 0 Å². The lowest BCUT2D eigenvalue weighted by Gasteiger charge is -2.21. The van der Waals surface area contributed by atoms with Gasteiger partial charge in [0.05, 0.1) is 0 Å². The molecule has 1 N–H and O–H groups in total. The highest BCUT2D eigenvalue weighted by Crippen LogP contribution is 2.10. The number of carboxylic acid groups (broad SMARTS) is 1. The van der Waals surface area contributed by atoms with Gasteiger partial charge in [0.2, 0.25) is 5.91 Å². The molecule has 4 nitrogen and oxygen atoms in total. The molecule has 0 unspecified atom stereocenters. The minimum Gasteiger partial charge on any atom is -0.480 e. The molecule has 0 aliphatic carbocycles. The van der Waals surface area contributed by atoms with Gasteiger partial charge in [-0.2, -0.15) is 0 Å². The number of unbranched alkanes of at least 4 members (excludes halogenated alkanes) is 6. The molecule has 0 radical (unpaired) electrons. The van der Waals surface area contributed by atoms with Crippen molar-refractivity contribution in [3.63, 3.8) is 0 Å². The van der Waals surface area contributed by atoms with Crippen molar-refractivity contribution in [2.75, 3.05) is 7.05 Å². The summed E-state index contributed by atoms with van der Waals surface area (Å²) in [6.45, 7) is 3.73. The molecule has 1 atom stereocenters. The second kappa shape index (κ2) is 9.92. The predicted molar refractivity (Wildman–Crippen MR) is 72.5 cm³/mol. The van der Waals surface area contributed by atoms with E-state index in [9.17, 15) is 9.59 Å². The summed E-state index contributed by atoms with van der Waals surface area (Å²) in [5.74, 6) is -1.02. The Morgan fingerprint density at radius 3 is 2.06 bits per heavy atom. The van der Waals surface area contributed by atoms with Gasteiger partial charge in [0.25, 0.3) is 0 Å². The Morgan fingerprint density at radius 2 is 1.56 bits per heavy atom. The average Bonchev–Trinajstić information content (AvgIpc) is 2.35. The van der Waals surface area contributed by atoms with Crippen molar-refractivity contribution in [2.45, 2.75) is 71.3 Å². The number of nitrogens with zero attached hydrogens (tertiary/aromatic N) is 1. The fourth-order valence-corrected chi connectivity index (χ4v) is 1.79. The van der Waals surface area contributed by atoms with Crippen molar-refractivity contribution < 1.29 is 14.7 Å². The van der Waals surface area contributed by atoms with Crippen LogP contribution < -0.4 is 0 Å². The highest BCUT2D eigenvalue weighted by atomic mass is 16.4. The number of hydrogen-bond acceptors (Lipinski definition) is 2. The second-order valence-electron chi connectivity index (χ2n) is 4.89. The van der Waals surface area contributed by atoms with Crippen molar-refractivity contribution in [3.05, 3.63) is 0 Å². The number of likely N-dealkylation sites (N-methyl/N-ethyl adjacent to an activating group) is 1. The number of aliphatic carboxylic acids is 1. The molecule has 0 rings (SSSR count). The molecule has 0 aromatic carbocycles. The molecule has 0 saturated carbocycles. The van der Waals surface area contributed by atoms with Crippen LogP contribution in [0, 0.1) is 0 Å². The topological polar surface area (TPSA) is 57.6 Å². The molecule has 1 amide bonds. The van der Waals surface area contributed by atoms with E-state index in [1.165, 1.54) is 43.9 Å². The minimum absolute atomic E-state index is 0.0709. The van der Waals surface area contributed by atoms with Crippen molar-refractivity contribution in [1.82, 2.24) is 4.90 Å². The van der Waals surface area contributed by atoms with Crippen LogP contribution in [0.2, 0.25) is 0 Å². The number of carbonyl (C=O) groups excluding carboxylic acids is 1. The van der Waals surface area contributed by atoms with E-state index in [4.69, 9.17) is 5.11 Å². The van der Waals surface area contributed by atoms with Crippen LogP contribution in [0.3, 0.4) is 0 Å². The van der Waals surface area contributed by atoms with E-state index in [2.05, 4.69) is 6.92 Å². The molecule has 0 heterocycles. The van der Waals surface area contributed by atoms with Crippen LogP contribution in [0.1, 0.15) is 65.2 Å². The number of amides is 1. The lowest BCUT2D eigenvalue weighted by molar-refractivity contribution is -0.148. The Balaban J connectivity index is 3.61. The van der Waals surface area contributed by atoms with E-state index in [0.717, 1.165) is 12.8 Å². The van der Waals surface area contributed by atoms with Gasteiger partial charge >= 0.3 is 5.97 Å². The van der Waals surface area contributed by atoms with Gasteiger partial charge in [-0.05, 0) is 13.3 Å². The zero-order chi connectivity index (χ0) is 14.0. The van der Waals surface area contributed by atoms with E-state index >= 15 is 0 Å². The summed E-state index contributed by atoms with van der Waals surface area (Å²) in [7, 11) is 1.56. The standard InChI is InChI=1S/C14H27NO3/c1-4-5-6-7-8-9-10-11-13(16)15(3)12(2)14(17)18/h12H,4-11H2,1-3H3,(H,17,18)/t12-/m0/s1. The normalized spacial score (nSPS) is 12.2. The summed E-state index contributed by atoms with van der Waals surface area (Å²) in [6.07, 6.45) is 8.61. The van der Waals surface area contributed by atoms with Gasteiger partial charge in [0.15, 0.2) is 0 Å². The Labute approximate surface area is 110 Å². The summed E-state index contributed by atoms with van der Waals surface area (Å²) in [6, 6.07) is -0.734. The Kier molecular flexibility index (Phi) is 9.33. The van der Waals surface area contributed by atoms with Gasteiger partial charge in [-0.25, -0.2) is 4.79 Å². The monoisotopic (exact) mass is 257 g/mol. The molecule has 0 aromatic rings. The molecule has 0 aliphatic heterocycles. The molecule has 0 saturated heterocycles. The SMILES string of the molecule is CCCCCCCCCC(=O)N(C)[C@@H](C)C(=O)O. The second-order valence-corrected chi connectivity index (χ2v) is 4.89. The zero-order valence-electron chi connectivity index (χ0n) is 11.9. The maximum atomic E-state index is 11.7. The smallest absolute Gasteiger partial charge is 0.326 e. The third kappa shape index (κ3) is 7.30. The van der Waals surface area contributed by atoms with Crippen LogP contribution in [0.4, 0.5) is 0 Å². The van der Waals surface area contributed by atoms with E-state index in [-0.39, 0.29) is 5.91 Å². The third-order valence-corrected chi connectivity index (χ3v) is 3.33. The largest absolute Gasteiger partial charge is 0.480 e. The molecular formula is C14H27NO3. The predicted octanol–water partition coefficient (Wildman–Crippen LogP) is 3.06. The molecule has 0 fully saturated rings. The fourth-order valence-electron chi connectivity index (χ4n) is 1.79. The summed E-state index contributed by atoms with van der Waals surface area (Å²) < 4.78 is 0. The Hall–Kier alpha value is -1.06. The van der Waals surface area contributed by atoms with E-state index in [1.807, 2.05) is 0 Å². The summed E-state index contributed by atoms with van der Waals surface area (Å²) in [4.78, 5) is 23.7. The van der Waals surface area contributed by atoms with Gasteiger partial charge in [-0.1, -0.05) is 45.4 Å². The lowest BCUT2D eigenvalue weighted by atomic mass is 10.1. The quantitative estimate of drug-likeness (QED) is 0.612. The summed E-state index contributed by atoms with van der Waals surface area (Å²) in [5, 5.41) is 8.80. The summed E-state index contributed by atoms with van der Waals surface area (Å²) in [5.41, 5.74) is 0. The van der Waals surface area contributed by atoms with Gasteiger partial charge in [0, 0.05) is 13.5 Å². The lowest BCUT2D eigenvalue weighted by Crippen LogP contribution is -2.40. The van der Waals surface area contributed by atoms with Crippen LogP contribution >= 0.6 is 0 Å². The molecule has 18 heavy (non-hydrogen) atoms. The van der Waals surface area contributed by atoms with E-state index in [0.29, 0.717) is 6.42 Å². The van der Waals surface area contributed by atoms with Gasteiger partial charge < -0.3 is 10.0 Å². The molecule has 106 valence electrons. The molecule has 4 heteroatoms. The molecule has 0 bridgehead atoms. The maximum Gasteiger partial charge on any atom is 0.326 e. The van der Waals surface area contributed by atoms with Crippen molar-refractivity contribution in [1.29, 1.82) is 0 Å². The first-order valence-corrected chi connectivity index (χ1v) is 6.99. The van der Waals surface area contributed by atoms with Crippen LogP contribution in [0.15, 0.2) is 0 Å². The van der Waals surface area contributed by atoms with Crippen molar-refractivity contribution in [3.8, 4) is 0 Å². The van der Waals surface area contributed by atoms with Crippen LogP contribution in [-0.4, -0.2) is 35.0 Å². The van der Waals surface area contributed by atoms with Crippen molar-refractivity contribution >= 4 is 11.9 Å². The first kappa shape index (κ1) is 16.9. The Bertz CT molecular complexity index is 253. The maximum absolute atomic E-state index is 11.7. The summed E-state index contributed by atoms with van der Waals surface area (Å²) >= 11 is 0. The van der Waals surface area contributed by atoms with E-state index in [1.54, 1.807) is 7.05 Å². The third-order valence-electron chi connectivity index (χ3n) is 3.33.